The normalized spacial score (nSPS) is 44.9. The molecule has 0 aromatic heterocycles. The molecule has 33 heavy (non-hydrogen) atoms. The van der Waals surface area contributed by atoms with Gasteiger partial charge in [0.25, 0.3) is 0 Å². The molecule has 3 fully saturated rings. The Morgan fingerprint density at radius 1 is 1.21 bits per heavy atom. The minimum absolute atomic E-state index is 0.0381. The lowest BCUT2D eigenvalue weighted by molar-refractivity contribution is -0.142. The molecule has 1 aliphatic heterocycles. The van der Waals surface area contributed by atoms with Crippen LogP contribution in [0.1, 0.15) is 57.3 Å². The number of epoxide rings is 1. The molecule has 1 saturated heterocycles. The SMILES string of the molecule is C[C@H]1C[C@]2(OC(=O)c3ccccc3)C(=O)/C(CO)=C/[C@@H]3[C@H](CC[C@@]4(C)O[C@@H]4[C@H]2[C@H]1O)C3(C)C. The summed E-state index contributed by atoms with van der Waals surface area (Å²) >= 11 is 0. The Kier molecular flexibility index (Phi) is 5.16. The molecule has 1 aromatic carbocycles. The summed E-state index contributed by atoms with van der Waals surface area (Å²) in [4.78, 5) is 27.4. The minimum Gasteiger partial charge on any atom is -0.447 e. The van der Waals surface area contributed by atoms with Crippen LogP contribution in [0.15, 0.2) is 42.0 Å². The summed E-state index contributed by atoms with van der Waals surface area (Å²) in [6.45, 7) is 7.85. The monoisotopic (exact) mass is 454 g/mol. The molecule has 1 heterocycles. The standard InChI is InChI=1S/C27H34O6/c1-15-13-27(33-24(31)16-8-6-5-7-9-16)20(21(15)29)23-26(4,32-23)11-10-18-19(25(18,2)3)12-17(14-28)22(27)30/h5-9,12,15,18-21,23,28-29H,10-11,13-14H2,1-4H3/b17-12+/t15-,18-,19+,20+,21-,23+,26+,27+/m0/s1. The summed E-state index contributed by atoms with van der Waals surface area (Å²) in [5.41, 5.74) is -1.39. The molecular weight excluding hydrogens is 420 g/mol. The number of aliphatic hydroxyl groups is 2. The molecule has 8 atom stereocenters. The molecule has 0 radical (unpaired) electrons. The van der Waals surface area contributed by atoms with E-state index in [0.29, 0.717) is 11.5 Å². The van der Waals surface area contributed by atoms with Crippen LogP contribution in [0.25, 0.3) is 0 Å². The van der Waals surface area contributed by atoms with E-state index < -0.39 is 41.6 Å². The Labute approximate surface area is 195 Å². The van der Waals surface area contributed by atoms with Crippen molar-refractivity contribution >= 4 is 11.8 Å². The maximum absolute atomic E-state index is 14.1. The van der Waals surface area contributed by atoms with E-state index in [1.165, 1.54) is 0 Å². The number of ether oxygens (including phenoxy) is 2. The maximum atomic E-state index is 14.1. The van der Waals surface area contributed by atoms with Crippen LogP contribution >= 0.6 is 0 Å². The van der Waals surface area contributed by atoms with Crippen molar-refractivity contribution in [2.75, 3.05) is 6.61 Å². The molecule has 0 unspecified atom stereocenters. The highest BCUT2D eigenvalue weighted by atomic mass is 16.6. The number of hydrogen-bond donors (Lipinski definition) is 2. The quantitative estimate of drug-likeness (QED) is 0.537. The fourth-order valence-electron chi connectivity index (χ4n) is 6.70. The number of ketones is 1. The van der Waals surface area contributed by atoms with Gasteiger partial charge in [0.05, 0.1) is 35.9 Å². The lowest BCUT2D eigenvalue weighted by Gasteiger charge is -2.35. The van der Waals surface area contributed by atoms with E-state index in [1.807, 2.05) is 19.9 Å². The Hall–Kier alpha value is -2.02. The summed E-state index contributed by atoms with van der Waals surface area (Å²) in [6.07, 6.45) is 2.63. The second kappa shape index (κ2) is 7.49. The number of aliphatic hydroxyl groups excluding tert-OH is 2. The highest BCUT2D eigenvalue weighted by molar-refractivity contribution is 6.05. The zero-order valence-corrected chi connectivity index (χ0v) is 19.8. The van der Waals surface area contributed by atoms with Crippen LogP contribution in [0, 0.1) is 29.1 Å². The zero-order chi connectivity index (χ0) is 23.8. The lowest BCUT2D eigenvalue weighted by Crippen LogP contribution is -2.52. The minimum atomic E-state index is -1.58. The van der Waals surface area contributed by atoms with Gasteiger partial charge in [-0.25, -0.2) is 4.79 Å². The highest BCUT2D eigenvalue weighted by Gasteiger charge is 2.71. The van der Waals surface area contributed by atoms with Gasteiger partial charge in [-0.3, -0.25) is 4.79 Å². The molecule has 6 heteroatoms. The lowest BCUT2D eigenvalue weighted by atomic mass is 9.77. The van der Waals surface area contributed by atoms with Crippen LogP contribution in [-0.4, -0.2) is 52.0 Å². The molecule has 2 N–H and O–H groups in total. The number of hydrogen-bond acceptors (Lipinski definition) is 6. The van der Waals surface area contributed by atoms with Crippen molar-refractivity contribution in [1.82, 2.24) is 0 Å². The first-order chi connectivity index (χ1) is 15.5. The Morgan fingerprint density at radius 3 is 2.58 bits per heavy atom. The van der Waals surface area contributed by atoms with Crippen LogP contribution in [0.3, 0.4) is 0 Å². The van der Waals surface area contributed by atoms with Crippen molar-refractivity contribution < 1.29 is 29.3 Å². The van der Waals surface area contributed by atoms with E-state index in [1.54, 1.807) is 30.3 Å². The third kappa shape index (κ3) is 3.41. The topological polar surface area (TPSA) is 96.4 Å². The molecule has 178 valence electrons. The van der Waals surface area contributed by atoms with Gasteiger partial charge in [0.2, 0.25) is 5.78 Å². The van der Waals surface area contributed by atoms with Crippen molar-refractivity contribution in [3.05, 3.63) is 47.5 Å². The number of esters is 1. The Balaban J connectivity index is 1.62. The second-order valence-corrected chi connectivity index (χ2v) is 11.4. The summed E-state index contributed by atoms with van der Waals surface area (Å²) in [5.74, 6) is -1.37. The van der Waals surface area contributed by atoms with Gasteiger partial charge in [-0.05, 0) is 55.1 Å². The molecule has 1 aromatic rings. The third-order valence-corrected chi connectivity index (χ3v) is 8.98. The highest BCUT2D eigenvalue weighted by Crippen LogP contribution is 2.64. The molecule has 0 spiro atoms. The largest absolute Gasteiger partial charge is 0.447 e. The predicted octanol–water partition coefficient (Wildman–Crippen LogP) is 3.31. The molecule has 0 amide bonds. The second-order valence-electron chi connectivity index (χ2n) is 11.4. The Morgan fingerprint density at radius 2 is 1.91 bits per heavy atom. The van der Waals surface area contributed by atoms with Gasteiger partial charge in [-0.15, -0.1) is 0 Å². The first-order valence-corrected chi connectivity index (χ1v) is 12.1. The zero-order valence-electron chi connectivity index (χ0n) is 19.8. The summed E-state index contributed by atoms with van der Waals surface area (Å²) in [7, 11) is 0. The number of fused-ring (bicyclic) bond motifs is 4. The number of Topliss-reactive ketones (excluding diaryl/α,β-unsaturated/α-hetero) is 1. The van der Waals surface area contributed by atoms with Crippen LogP contribution in [0.5, 0.6) is 0 Å². The number of allylic oxidation sites excluding steroid dienone is 1. The summed E-state index contributed by atoms with van der Waals surface area (Å²) in [5, 5.41) is 21.5. The van der Waals surface area contributed by atoms with Gasteiger partial charge in [-0.1, -0.05) is 45.0 Å². The number of carbonyl (C=O) groups excluding carboxylic acids is 2. The molecule has 0 bridgehead atoms. The molecule has 3 aliphatic carbocycles. The van der Waals surface area contributed by atoms with Gasteiger partial charge in [0.15, 0.2) is 5.60 Å². The van der Waals surface area contributed by atoms with Crippen LogP contribution < -0.4 is 0 Å². The van der Waals surface area contributed by atoms with Crippen molar-refractivity contribution in [2.45, 2.75) is 70.4 Å². The summed E-state index contributed by atoms with van der Waals surface area (Å²) in [6, 6.07) is 8.59. The molecule has 5 rings (SSSR count). The predicted molar refractivity (Wildman–Crippen MR) is 121 cm³/mol. The first-order valence-electron chi connectivity index (χ1n) is 12.1. The van der Waals surface area contributed by atoms with Crippen molar-refractivity contribution in [3.63, 3.8) is 0 Å². The van der Waals surface area contributed by atoms with E-state index in [0.717, 1.165) is 12.8 Å². The van der Waals surface area contributed by atoms with E-state index in [-0.39, 0.29) is 35.3 Å². The van der Waals surface area contributed by atoms with Crippen LogP contribution in [-0.2, 0) is 14.3 Å². The molecule has 4 aliphatic rings. The number of carbonyl (C=O) groups is 2. The van der Waals surface area contributed by atoms with E-state index in [2.05, 4.69) is 13.8 Å². The van der Waals surface area contributed by atoms with Gasteiger partial charge in [-0.2, -0.15) is 0 Å². The van der Waals surface area contributed by atoms with Gasteiger partial charge < -0.3 is 19.7 Å². The molecule has 6 nitrogen and oxygen atoms in total. The van der Waals surface area contributed by atoms with Gasteiger partial charge >= 0.3 is 5.97 Å². The van der Waals surface area contributed by atoms with Crippen LogP contribution in [0.2, 0.25) is 0 Å². The average molecular weight is 455 g/mol. The first kappa shape index (κ1) is 22.8. The Bertz CT molecular complexity index is 999. The van der Waals surface area contributed by atoms with E-state index in [4.69, 9.17) is 9.47 Å². The molecular formula is C27H34O6. The smallest absolute Gasteiger partial charge is 0.339 e. The van der Waals surface area contributed by atoms with E-state index >= 15 is 0 Å². The fourth-order valence-corrected chi connectivity index (χ4v) is 6.70. The average Bonchev–Trinajstić information content (AvgIpc) is 3.56. The molecule has 2 saturated carbocycles. The van der Waals surface area contributed by atoms with Crippen LogP contribution in [0.4, 0.5) is 0 Å². The summed E-state index contributed by atoms with van der Waals surface area (Å²) < 4.78 is 12.3. The number of rotatable bonds is 3. The fraction of sp³-hybridized carbons (Fsp3) is 0.630. The van der Waals surface area contributed by atoms with Crippen molar-refractivity contribution in [1.29, 1.82) is 0 Å². The van der Waals surface area contributed by atoms with Gasteiger partial charge in [0.1, 0.15) is 0 Å². The number of benzene rings is 1. The maximum Gasteiger partial charge on any atom is 0.339 e. The van der Waals surface area contributed by atoms with E-state index in [9.17, 15) is 19.8 Å². The third-order valence-electron chi connectivity index (χ3n) is 8.98. The van der Waals surface area contributed by atoms with Crippen molar-refractivity contribution in [2.24, 2.45) is 29.1 Å². The van der Waals surface area contributed by atoms with Gasteiger partial charge in [0, 0.05) is 12.0 Å². The van der Waals surface area contributed by atoms with Crippen molar-refractivity contribution in [3.8, 4) is 0 Å².